The van der Waals surface area contributed by atoms with Gasteiger partial charge in [-0.15, -0.1) is 0 Å². The number of benzene rings is 1. The van der Waals surface area contributed by atoms with Crippen LogP contribution < -0.4 is 0 Å². The monoisotopic (exact) mass is 494 g/mol. The number of amides is 1. The molecule has 4 heterocycles. The Hall–Kier alpha value is -3.46. The number of rotatable bonds is 5. The van der Waals surface area contributed by atoms with E-state index >= 15 is 0 Å². The molecule has 1 aromatic carbocycles. The van der Waals surface area contributed by atoms with Crippen LogP contribution in [0.3, 0.4) is 0 Å². The Morgan fingerprint density at radius 1 is 1.12 bits per heavy atom. The third-order valence-corrected chi connectivity index (χ3v) is 6.29. The molecule has 8 nitrogen and oxygen atoms in total. The van der Waals surface area contributed by atoms with Crippen LogP contribution in [-0.2, 0) is 17.9 Å². The number of nitrogens with zero attached hydrogens (tertiary/aromatic N) is 6. The molecular formula is C24H20Cl2N6O2. The second-order valence-corrected chi connectivity index (χ2v) is 8.86. The number of carbonyl (C=O) groups excluding carboxylic acids is 1. The van der Waals surface area contributed by atoms with Gasteiger partial charge in [0.1, 0.15) is 12.2 Å². The van der Waals surface area contributed by atoms with Gasteiger partial charge in [0.25, 0.3) is 0 Å². The van der Waals surface area contributed by atoms with Gasteiger partial charge in [0.05, 0.1) is 39.8 Å². The number of hydrogen-bond donors (Lipinski definition) is 1. The second-order valence-electron chi connectivity index (χ2n) is 8.04. The highest BCUT2D eigenvalue weighted by molar-refractivity contribution is 6.39. The van der Waals surface area contributed by atoms with Crippen molar-refractivity contribution in [3.05, 3.63) is 70.9 Å². The van der Waals surface area contributed by atoms with Crippen molar-refractivity contribution in [2.45, 2.75) is 13.2 Å². The number of hydrogen-bond acceptors (Lipinski definition) is 5. The molecule has 0 saturated heterocycles. The lowest BCUT2D eigenvalue weighted by Gasteiger charge is -2.09. The van der Waals surface area contributed by atoms with E-state index in [0.717, 1.165) is 22.0 Å². The summed E-state index contributed by atoms with van der Waals surface area (Å²) >= 11 is 12.9. The first kappa shape index (κ1) is 22.3. The van der Waals surface area contributed by atoms with Crippen molar-refractivity contribution in [2.75, 3.05) is 14.1 Å². The highest BCUT2D eigenvalue weighted by atomic mass is 35.5. The molecule has 1 amide bonds. The first-order valence-corrected chi connectivity index (χ1v) is 11.2. The van der Waals surface area contributed by atoms with Crippen molar-refractivity contribution >= 4 is 45.7 Å². The molecule has 0 unspecified atom stereocenters. The number of imidazole rings is 1. The lowest BCUT2D eigenvalue weighted by Crippen LogP contribution is -2.26. The summed E-state index contributed by atoms with van der Waals surface area (Å²) in [5, 5.41) is 16.2. The highest BCUT2D eigenvalue weighted by Gasteiger charge is 2.20. The van der Waals surface area contributed by atoms with E-state index in [1.807, 2.05) is 28.9 Å². The molecule has 172 valence electrons. The van der Waals surface area contributed by atoms with Gasteiger partial charge in [0.2, 0.25) is 5.91 Å². The average Bonchev–Trinajstić information content (AvgIpc) is 3.43. The van der Waals surface area contributed by atoms with Crippen LogP contribution in [0.5, 0.6) is 0 Å². The molecule has 5 rings (SSSR count). The summed E-state index contributed by atoms with van der Waals surface area (Å²) in [7, 11) is 3.42. The van der Waals surface area contributed by atoms with Crippen LogP contribution in [0.2, 0.25) is 10.0 Å². The maximum atomic E-state index is 12.0. The van der Waals surface area contributed by atoms with Gasteiger partial charge in [0, 0.05) is 54.8 Å². The number of fused-ring (bicyclic) bond motifs is 3. The predicted molar refractivity (Wildman–Crippen MR) is 132 cm³/mol. The lowest BCUT2D eigenvalue weighted by molar-refractivity contribution is -0.129. The van der Waals surface area contributed by atoms with Crippen LogP contribution in [-0.4, -0.2) is 54.2 Å². The number of aliphatic hydroxyl groups is 1. The minimum Gasteiger partial charge on any atom is -0.390 e. The molecule has 0 fully saturated rings. The Kier molecular flexibility index (Phi) is 5.73. The van der Waals surface area contributed by atoms with Crippen LogP contribution in [0.1, 0.15) is 5.69 Å². The van der Waals surface area contributed by atoms with Crippen LogP contribution in [0, 0.1) is 0 Å². The highest BCUT2D eigenvalue weighted by Crippen LogP contribution is 2.37. The fourth-order valence-electron chi connectivity index (χ4n) is 3.86. The average molecular weight is 495 g/mol. The molecule has 0 saturated carbocycles. The zero-order valence-corrected chi connectivity index (χ0v) is 19.9. The molecule has 5 aromatic rings. The minimum absolute atomic E-state index is 0.0484. The van der Waals surface area contributed by atoms with Gasteiger partial charge < -0.3 is 14.4 Å². The third kappa shape index (κ3) is 3.79. The summed E-state index contributed by atoms with van der Waals surface area (Å²) in [5.41, 5.74) is 4.69. The van der Waals surface area contributed by atoms with Gasteiger partial charge in [-0.3, -0.25) is 14.5 Å². The fraction of sp³-hybridized carbons (Fsp3) is 0.167. The quantitative estimate of drug-likeness (QED) is 0.393. The van der Waals surface area contributed by atoms with Crippen LogP contribution in [0.4, 0.5) is 0 Å². The van der Waals surface area contributed by atoms with E-state index in [-0.39, 0.29) is 19.1 Å². The Bertz CT molecular complexity index is 1540. The van der Waals surface area contributed by atoms with Crippen molar-refractivity contribution in [3.8, 4) is 22.4 Å². The largest absolute Gasteiger partial charge is 0.390 e. The van der Waals surface area contributed by atoms with E-state index in [4.69, 9.17) is 28.2 Å². The molecule has 0 atom stereocenters. The van der Waals surface area contributed by atoms with Crippen molar-refractivity contribution in [3.63, 3.8) is 0 Å². The summed E-state index contributed by atoms with van der Waals surface area (Å²) in [6.07, 6.45) is 7.09. The Morgan fingerprint density at radius 3 is 2.59 bits per heavy atom. The number of likely N-dealkylation sites (N-methyl/N-ethyl adjacent to an activating group) is 1. The summed E-state index contributed by atoms with van der Waals surface area (Å²) < 4.78 is 3.42. The maximum absolute atomic E-state index is 12.0. The van der Waals surface area contributed by atoms with E-state index in [9.17, 15) is 9.90 Å². The topological polar surface area (TPSA) is 88.6 Å². The summed E-state index contributed by atoms with van der Waals surface area (Å²) in [6.45, 7) is -0.0936. The van der Waals surface area contributed by atoms with Gasteiger partial charge in [-0.1, -0.05) is 29.3 Å². The summed E-state index contributed by atoms with van der Waals surface area (Å²) in [5.74, 6) is -0.0484. The third-order valence-electron chi connectivity index (χ3n) is 5.66. The van der Waals surface area contributed by atoms with E-state index in [2.05, 4.69) is 10.1 Å². The van der Waals surface area contributed by atoms with Crippen LogP contribution >= 0.6 is 23.2 Å². The van der Waals surface area contributed by atoms with E-state index < -0.39 is 0 Å². The first-order chi connectivity index (χ1) is 16.4. The molecule has 34 heavy (non-hydrogen) atoms. The second kappa shape index (κ2) is 8.72. The molecule has 0 spiro atoms. The molecule has 10 heteroatoms. The van der Waals surface area contributed by atoms with E-state index in [1.54, 1.807) is 49.4 Å². The van der Waals surface area contributed by atoms with Gasteiger partial charge in [0.15, 0.2) is 0 Å². The summed E-state index contributed by atoms with van der Waals surface area (Å²) in [6, 6.07) is 9.08. The normalized spacial score (nSPS) is 11.4. The SMILES string of the molecule is CN(C)C(=O)Cn1cc(-c2cnc3ccn4c(CO)c(-c5c(Cl)cccc5Cl)nc4c3c2)cn1. The van der Waals surface area contributed by atoms with Crippen molar-refractivity contribution in [2.24, 2.45) is 0 Å². The van der Waals surface area contributed by atoms with Crippen LogP contribution in [0.25, 0.3) is 38.9 Å². The molecular weight excluding hydrogens is 475 g/mol. The van der Waals surface area contributed by atoms with Crippen molar-refractivity contribution in [1.29, 1.82) is 0 Å². The van der Waals surface area contributed by atoms with Gasteiger partial charge in [-0.2, -0.15) is 5.10 Å². The molecule has 0 aliphatic carbocycles. The molecule has 1 N–H and O–H groups in total. The lowest BCUT2D eigenvalue weighted by atomic mass is 10.1. The van der Waals surface area contributed by atoms with Crippen LogP contribution in [0.15, 0.2) is 55.1 Å². The molecule has 4 aromatic heterocycles. The minimum atomic E-state index is -0.247. The number of aliphatic hydroxyl groups excluding tert-OH is 1. The van der Waals surface area contributed by atoms with Crippen molar-refractivity contribution < 1.29 is 9.90 Å². The Labute approximate surface area is 205 Å². The smallest absolute Gasteiger partial charge is 0.243 e. The van der Waals surface area contributed by atoms with E-state index in [1.165, 1.54) is 4.90 Å². The summed E-state index contributed by atoms with van der Waals surface area (Å²) in [4.78, 5) is 23.0. The number of aromatic nitrogens is 5. The number of carbonyl (C=O) groups is 1. The molecule has 0 aliphatic rings. The zero-order chi connectivity index (χ0) is 24.0. The number of halogens is 2. The van der Waals surface area contributed by atoms with Gasteiger partial charge >= 0.3 is 0 Å². The predicted octanol–water partition coefficient (Wildman–Crippen LogP) is 4.30. The maximum Gasteiger partial charge on any atom is 0.243 e. The fourth-order valence-corrected chi connectivity index (χ4v) is 4.44. The Morgan fingerprint density at radius 2 is 1.88 bits per heavy atom. The molecule has 0 aliphatic heterocycles. The van der Waals surface area contributed by atoms with Crippen molar-refractivity contribution in [1.82, 2.24) is 29.0 Å². The Balaban J connectivity index is 1.65. The number of pyridine rings is 2. The molecule has 0 radical (unpaired) electrons. The molecule has 0 bridgehead atoms. The zero-order valence-electron chi connectivity index (χ0n) is 18.4. The van der Waals surface area contributed by atoms with E-state index in [0.29, 0.717) is 32.6 Å². The first-order valence-electron chi connectivity index (χ1n) is 10.4. The van der Waals surface area contributed by atoms with Gasteiger partial charge in [-0.25, -0.2) is 4.98 Å². The van der Waals surface area contributed by atoms with Gasteiger partial charge in [-0.05, 0) is 24.3 Å². The standard InChI is InChI=1S/C24H20Cl2N6O2/c1-30(2)21(34)12-31-11-15(10-28-31)14-8-16-19(27-9-14)6-7-32-20(13-33)23(29-24(16)32)22-17(25)4-3-5-18(22)26/h3-11,33H,12-13H2,1-2H3.